The molecule has 0 saturated carbocycles. The highest BCUT2D eigenvalue weighted by Gasteiger charge is 2.07. The van der Waals surface area contributed by atoms with E-state index in [2.05, 4.69) is 45.0 Å². The second-order valence-electron chi connectivity index (χ2n) is 9.78. The average molecular weight is 455 g/mol. The molecule has 0 aliphatic rings. The summed E-state index contributed by atoms with van der Waals surface area (Å²) in [6, 6.07) is 14.0. The van der Waals surface area contributed by atoms with Crippen LogP contribution in [0.2, 0.25) is 0 Å². The number of ether oxygens (including phenoxy) is 1. The Bertz CT molecular complexity index is 752. The molecule has 1 atom stereocenters. The molecule has 2 heteroatoms. The van der Waals surface area contributed by atoms with E-state index in [1.54, 1.807) is 12.1 Å². The zero-order valence-corrected chi connectivity index (χ0v) is 21.5. The molecule has 0 aromatic heterocycles. The van der Waals surface area contributed by atoms with E-state index in [-0.39, 0.29) is 5.82 Å². The van der Waals surface area contributed by atoms with E-state index in [0.717, 1.165) is 36.3 Å². The number of rotatable bonds is 18. The first-order chi connectivity index (χ1) is 16.1. The van der Waals surface area contributed by atoms with Gasteiger partial charge < -0.3 is 4.74 Å². The van der Waals surface area contributed by atoms with Crippen LogP contribution in [0.4, 0.5) is 4.39 Å². The first-order valence-corrected chi connectivity index (χ1v) is 13.7. The Morgan fingerprint density at radius 2 is 1.36 bits per heavy atom. The van der Waals surface area contributed by atoms with Crippen LogP contribution in [0.25, 0.3) is 11.1 Å². The molecule has 2 rings (SSSR count). The highest BCUT2D eigenvalue weighted by atomic mass is 19.1. The van der Waals surface area contributed by atoms with Crippen LogP contribution < -0.4 is 4.74 Å². The van der Waals surface area contributed by atoms with E-state index < -0.39 is 0 Å². The highest BCUT2D eigenvalue weighted by Crippen LogP contribution is 2.26. The molecule has 0 N–H and O–H groups in total. The van der Waals surface area contributed by atoms with Crippen LogP contribution in [0.15, 0.2) is 42.5 Å². The Hall–Kier alpha value is -1.83. The Morgan fingerprint density at radius 1 is 0.727 bits per heavy atom. The molecule has 0 spiro atoms. The summed E-state index contributed by atoms with van der Waals surface area (Å²) >= 11 is 0. The molecule has 1 nitrogen and oxygen atoms in total. The Morgan fingerprint density at radius 3 is 2.03 bits per heavy atom. The molecule has 2 aromatic carbocycles. The van der Waals surface area contributed by atoms with Crippen LogP contribution in [-0.4, -0.2) is 6.61 Å². The topological polar surface area (TPSA) is 9.23 Å². The van der Waals surface area contributed by atoms with Gasteiger partial charge in [0.25, 0.3) is 0 Å². The van der Waals surface area contributed by atoms with Gasteiger partial charge in [-0.2, -0.15) is 0 Å². The Labute approximate surface area is 203 Å². The van der Waals surface area contributed by atoms with Gasteiger partial charge in [0.2, 0.25) is 0 Å². The molecule has 0 heterocycles. The summed E-state index contributed by atoms with van der Waals surface area (Å²) in [6.07, 6.45) is 17.7. The lowest BCUT2D eigenvalue weighted by Crippen LogP contribution is -1.99. The fourth-order valence-corrected chi connectivity index (χ4v) is 4.28. The molecule has 0 aliphatic carbocycles. The van der Waals surface area contributed by atoms with Crippen molar-refractivity contribution in [2.75, 3.05) is 6.61 Å². The lowest BCUT2D eigenvalue weighted by Gasteiger charge is -2.10. The third-order valence-corrected chi connectivity index (χ3v) is 6.83. The second kappa shape index (κ2) is 16.7. The average Bonchev–Trinajstić information content (AvgIpc) is 2.83. The fraction of sp³-hybridized carbons (Fsp3) is 0.613. The van der Waals surface area contributed by atoms with Crippen LogP contribution in [0.1, 0.15) is 110 Å². The molecule has 0 saturated heterocycles. The molecular formula is C31H47FO. The Kier molecular flexibility index (Phi) is 13.9. The maximum Gasteiger partial charge on any atom is 0.165 e. The Balaban J connectivity index is 1.69. The fourth-order valence-electron chi connectivity index (χ4n) is 4.28. The smallest absolute Gasteiger partial charge is 0.165 e. The van der Waals surface area contributed by atoms with E-state index >= 15 is 0 Å². The maximum atomic E-state index is 14.6. The van der Waals surface area contributed by atoms with Crippen molar-refractivity contribution in [2.24, 2.45) is 5.92 Å². The van der Waals surface area contributed by atoms with Gasteiger partial charge in [-0.3, -0.25) is 0 Å². The molecule has 0 amide bonds. The van der Waals surface area contributed by atoms with Crippen LogP contribution in [-0.2, 0) is 6.42 Å². The molecule has 2 aromatic rings. The summed E-state index contributed by atoms with van der Waals surface area (Å²) in [4.78, 5) is 0. The van der Waals surface area contributed by atoms with Crippen molar-refractivity contribution in [1.82, 2.24) is 0 Å². The number of halogens is 1. The zero-order chi connectivity index (χ0) is 23.7. The minimum absolute atomic E-state index is 0.266. The van der Waals surface area contributed by atoms with Crippen LogP contribution >= 0.6 is 0 Å². The number of unbranched alkanes of at least 4 members (excludes halogenated alkanes) is 9. The summed E-state index contributed by atoms with van der Waals surface area (Å²) in [6.45, 7) is 7.46. The molecule has 0 bridgehead atoms. The van der Waals surface area contributed by atoms with Crippen molar-refractivity contribution < 1.29 is 9.13 Å². The number of hydrogen-bond donors (Lipinski definition) is 0. The van der Waals surface area contributed by atoms with Crippen molar-refractivity contribution in [2.45, 2.75) is 111 Å². The van der Waals surface area contributed by atoms with Crippen LogP contribution in [0.5, 0.6) is 5.75 Å². The largest absolute Gasteiger partial charge is 0.491 e. The molecule has 33 heavy (non-hydrogen) atoms. The van der Waals surface area contributed by atoms with Gasteiger partial charge in [-0.1, -0.05) is 122 Å². The normalized spacial score (nSPS) is 12.1. The first kappa shape index (κ1) is 27.4. The summed E-state index contributed by atoms with van der Waals surface area (Å²) in [5, 5.41) is 0. The third kappa shape index (κ3) is 11.2. The van der Waals surface area contributed by atoms with E-state index in [0.29, 0.717) is 12.4 Å². The van der Waals surface area contributed by atoms with Crippen molar-refractivity contribution >= 4 is 0 Å². The van der Waals surface area contributed by atoms with Gasteiger partial charge in [-0.25, -0.2) is 4.39 Å². The minimum Gasteiger partial charge on any atom is -0.491 e. The number of aryl methyl sites for hydroxylation is 1. The highest BCUT2D eigenvalue weighted by molar-refractivity contribution is 5.64. The molecule has 0 radical (unpaired) electrons. The predicted octanol–water partition coefficient (Wildman–Crippen LogP) is 10.2. The monoisotopic (exact) mass is 454 g/mol. The first-order valence-electron chi connectivity index (χ1n) is 13.7. The van der Waals surface area contributed by atoms with Gasteiger partial charge in [0.15, 0.2) is 11.6 Å². The van der Waals surface area contributed by atoms with E-state index in [9.17, 15) is 4.39 Å². The standard InChI is InChI=1S/C31H47FO/c1-4-6-7-8-9-10-11-15-24-33-31-23-22-29(25-30(31)32)28-20-18-27(19-21-28)17-14-12-13-16-26(3)5-2/h18-23,25-26H,4-17,24H2,1-3H3. The zero-order valence-electron chi connectivity index (χ0n) is 21.5. The van der Waals surface area contributed by atoms with Crippen LogP contribution in [0, 0.1) is 11.7 Å². The van der Waals surface area contributed by atoms with E-state index in [4.69, 9.17) is 4.74 Å². The van der Waals surface area contributed by atoms with Crippen molar-refractivity contribution in [3.8, 4) is 16.9 Å². The minimum atomic E-state index is -0.266. The second-order valence-corrected chi connectivity index (χ2v) is 9.78. The molecular weight excluding hydrogens is 407 g/mol. The van der Waals surface area contributed by atoms with Crippen LogP contribution in [0.3, 0.4) is 0 Å². The van der Waals surface area contributed by atoms with E-state index in [1.165, 1.54) is 76.2 Å². The molecule has 184 valence electrons. The van der Waals surface area contributed by atoms with Gasteiger partial charge in [0.05, 0.1) is 6.61 Å². The van der Waals surface area contributed by atoms with Crippen molar-refractivity contribution in [3.63, 3.8) is 0 Å². The molecule has 0 fully saturated rings. The third-order valence-electron chi connectivity index (χ3n) is 6.83. The lowest BCUT2D eigenvalue weighted by atomic mass is 9.98. The summed E-state index contributed by atoms with van der Waals surface area (Å²) in [5.74, 6) is 0.958. The summed E-state index contributed by atoms with van der Waals surface area (Å²) in [5.41, 5.74) is 3.34. The lowest BCUT2D eigenvalue weighted by molar-refractivity contribution is 0.290. The summed E-state index contributed by atoms with van der Waals surface area (Å²) in [7, 11) is 0. The number of benzene rings is 2. The van der Waals surface area contributed by atoms with Crippen molar-refractivity contribution in [1.29, 1.82) is 0 Å². The van der Waals surface area contributed by atoms with Gasteiger partial charge in [-0.15, -0.1) is 0 Å². The van der Waals surface area contributed by atoms with Gasteiger partial charge in [0, 0.05) is 0 Å². The SMILES string of the molecule is CCCCCCCCCCOc1ccc(-c2ccc(CCCCCC(C)CC)cc2)cc1F. The predicted molar refractivity (Wildman–Crippen MR) is 142 cm³/mol. The maximum absolute atomic E-state index is 14.6. The van der Waals surface area contributed by atoms with Crippen molar-refractivity contribution in [3.05, 3.63) is 53.8 Å². The molecule has 0 aliphatic heterocycles. The molecule has 1 unspecified atom stereocenters. The quantitative estimate of drug-likeness (QED) is 0.204. The van der Waals surface area contributed by atoms with Gasteiger partial charge in [-0.05, 0) is 54.0 Å². The van der Waals surface area contributed by atoms with E-state index in [1.807, 2.05) is 6.07 Å². The van der Waals surface area contributed by atoms with Gasteiger partial charge >= 0.3 is 0 Å². The summed E-state index contributed by atoms with van der Waals surface area (Å²) < 4.78 is 20.3. The van der Waals surface area contributed by atoms with Gasteiger partial charge in [0.1, 0.15) is 0 Å². The number of hydrogen-bond acceptors (Lipinski definition) is 1.